The number of nitrogens with zero attached hydrogens (tertiary/aromatic N) is 1. The van der Waals surface area contributed by atoms with Crippen molar-refractivity contribution in [2.75, 3.05) is 13.2 Å². The normalized spacial score (nSPS) is 12.3. The van der Waals surface area contributed by atoms with Gasteiger partial charge in [-0.3, -0.25) is 14.9 Å². The van der Waals surface area contributed by atoms with Crippen LogP contribution in [0.4, 0.5) is 5.69 Å². The third-order valence-corrected chi connectivity index (χ3v) is 3.21. The zero-order valence-corrected chi connectivity index (χ0v) is 12.0. The van der Waals surface area contributed by atoms with E-state index in [-0.39, 0.29) is 24.1 Å². The monoisotopic (exact) mass is 292 g/mol. The molecule has 6 heteroatoms. The van der Waals surface area contributed by atoms with Crippen molar-refractivity contribution >= 4 is 17.7 Å². The van der Waals surface area contributed by atoms with E-state index in [4.69, 9.17) is 5.11 Å². The minimum absolute atomic E-state index is 0.0198. The van der Waals surface area contributed by atoms with E-state index in [1.165, 1.54) is 18.2 Å². The van der Waals surface area contributed by atoms with Crippen molar-refractivity contribution in [2.24, 2.45) is 5.92 Å². The Hall–Kier alpha value is -2.21. The van der Waals surface area contributed by atoms with Crippen molar-refractivity contribution in [2.45, 2.75) is 19.8 Å². The maximum absolute atomic E-state index is 11.6. The molecule has 1 amide bonds. The minimum Gasteiger partial charge on any atom is -0.396 e. The van der Waals surface area contributed by atoms with Crippen molar-refractivity contribution in [3.05, 3.63) is 46.0 Å². The van der Waals surface area contributed by atoms with E-state index in [0.717, 1.165) is 12.0 Å². The second-order valence-corrected chi connectivity index (χ2v) is 4.71. The van der Waals surface area contributed by atoms with Crippen molar-refractivity contribution in [3.63, 3.8) is 0 Å². The summed E-state index contributed by atoms with van der Waals surface area (Å²) in [4.78, 5) is 21.7. The number of carbonyl (C=O) groups is 1. The number of aliphatic hydroxyl groups excluding tert-OH is 1. The van der Waals surface area contributed by atoms with Crippen LogP contribution in [-0.2, 0) is 4.79 Å². The molecule has 1 aromatic rings. The number of nitrogens with one attached hydrogen (secondary N) is 1. The molecule has 2 N–H and O–H groups in total. The van der Waals surface area contributed by atoms with Crippen LogP contribution in [0.2, 0.25) is 0 Å². The third kappa shape index (κ3) is 6.18. The van der Waals surface area contributed by atoms with Crippen molar-refractivity contribution in [1.82, 2.24) is 5.32 Å². The molecule has 0 bridgehead atoms. The van der Waals surface area contributed by atoms with Crippen molar-refractivity contribution in [3.8, 4) is 0 Å². The lowest BCUT2D eigenvalue weighted by atomic mass is 10.0. The first-order chi connectivity index (χ1) is 10.1. The summed E-state index contributed by atoms with van der Waals surface area (Å²) in [6.07, 6.45) is 4.56. The van der Waals surface area contributed by atoms with E-state index in [0.29, 0.717) is 13.0 Å². The number of benzene rings is 1. The number of aliphatic hydroxyl groups is 1. The Kier molecular flexibility index (Phi) is 7.11. The Morgan fingerprint density at radius 1 is 1.43 bits per heavy atom. The maximum Gasteiger partial charge on any atom is 0.269 e. The molecular weight excluding hydrogens is 272 g/mol. The number of non-ortho nitro benzene ring substituents is 1. The van der Waals surface area contributed by atoms with E-state index in [9.17, 15) is 14.9 Å². The molecule has 6 nitrogen and oxygen atoms in total. The third-order valence-electron chi connectivity index (χ3n) is 3.21. The molecule has 0 aliphatic carbocycles. The second kappa shape index (κ2) is 8.86. The molecule has 1 atom stereocenters. The topological polar surface area (TPSA) is 92.5 Å². The molecule has 1 rings (SSSR count). The number of rotatable bonds is 8. The average molecular weight is 292 g/mol. The zero-order chi connectivity index (χ0) is 15.7. The van der Waals surface area contributed by atoms with Gasteiger partial charge in [-0.15, -0.1) is 0 Å². The Balaban J connectivity index is 2.48. The van der Waals surface area contributed by atoms with Gasteiger partial charge in [-0.05, 0) is 36.1 Å². The standard InChI is InChI=1S/C15H20N2O4/c1-2-12(9-10-18)11-16-15(19)8-5-13-3-6-14(7-4-13)17(20)21/h3-8,12,18H,2,9-11H2,1H3,(H,16,19)/b8-5+. The van der Waals surface area contributed by atoms with E-state index in [2.05, 4.69) is 5.32 Å². The molecule has 0 aliphatic rings. The zero-order valence-electron chi connectivity index (χ0n) is 12.0. The van der Waals surface area contributed by atoms with Crippen molar-refractivity contribution < 1.29 is 14.8 Å². The number of nitro groups is 1. The highest BCUT2D eigenvalue weighted by atomic mass is 16.6. The van der Waals surface area contributed by atoms with E-state index in [1.807, 2.05) is 6.92 Å². The van der Waals surface area contributed by atoms with Gasteiger partial charge in [-0.25, -0.2) is 0 Å². The number of amides is 1. The SMILES string of the molecule is CCC(CCO)CNC(=O)/C=C/c1ccc([N+](=O)[O-])cc1. The van der Waals surface area contributed by atoms with Crippen LogP contribution in [0.1, 0.15) is 25.3 Å². The number of hydrogen-bond acceptors (Lipinski definition) is 4. The fourth-order valence-electron chi connectivity index (χ4n) is 1.82. The second-order valence-electron chi connectivity index (χ2n) is 4.71. The quantitative estimate of drug-likeness (QED) is 0.436. The van der Waals surface area contributed by atoms with E-state index >= 15 is 0 Å². The smallest absolute Gasteiger partial charge is 0.269 e. The van der Waals surface area contributed by atoms with Gasteiger partial charge < -0.3 is 10.4 Å². The first-order valence-electron chi connectivity index (χ1n) is 6.88. The predicted molar refractivity (Wildman–Crippen MR) is 80.6 cm³/mol. The molecule has 114 valence electrons. The van der Waals surface area contributed by atoms with Gasteiger partial charge in [0.25, 0.3) is 5.69 Å². The number of nitro benzene ring substituents is 1. The van der Waals surface area contributed by atoms with Crippen LogP contribution in [-0.4, -0.2) is 29.1 Å². The summed E-state index contributed by atoms with van der Waals surface area (Å²) in [7, 11) is 0. The lowest BCUT2D eigenvalue weighted by Gasteiger charge is -2.13. The molecule has 0 saturated heterocycles. The van der Waals surface area contributed by atoms with Crippen LogP contribution in [0.3, 0.4) is 0 Å². The molecule has 0 radical (unpaired) electrons. The highest BCUT2D eigenvalue weighted by Crippen LogP contribution is 2.12. The molecule has 0 fully saturated rings. The first kappa shape index (κ1) is 16.8. The fraction of sp³-hybridized carbons (Fsp3) is 0.400. The van der Waals surface area contributed by atoms with Crippen LogP contribution < -0.4 is 5.32 Å². The summed E-state index contributed by atoms with van der Waals surface area (Å²) in [6, 6.07) is 5.96. The predicted octanol–water partition coefficient (Wildman–Crippen LogP) is 2.13. The van der Waals surface area contributed by atoms with Crippen LogP contribution >= 0.6 is 0 Å². The summed E-state index contributed by atoms with van der Waals surface area (Å²) < 4.78 is 0. The van der Waals surface area contributed by atoms with E-state index in [1.54, 1.807) is 18.2 Å². The van der Waals surface area contributed by atoms with Crippen LogP contribution in [0.5, 0.6) is 0 Å². The summed E-state index contributed by atoms with van der Waals surface area (Å²) in [5.74, 6) is 0.0523. The van der Waals surface area contributed by atoms with Crippen LogP contribution in [0, 0.1) is 16.0 Å². The highest BCUT2D eigenvalue weighted by molar-refractivity contribution is 5.91. The Morgan fingerprint density at radius 2 is 2.10 bits per heavy atom. The summed E-state index contributed by atoms with van der Waals surface area (Å²) in [5.41, 5.74) is 0.740. The van der Waals surface area contributed by atoms with Gasteiger partial charge in [0.1, 0.15) is 0 Å². The Bertz CT molecular complexity index is 497. The van der Waals surface area contributed by atoms with Gasteiger partial charge in [0.15, 0.2) is 0 Å². The highest BCUT2D eigenvalue weighted by Gasteiger charge is 2.06. The lowest BCUT2D eigenvalue weighted by molar-refractivity contribution is -0.384. The molecule has 1 unspecified atom stereocenters. The molecule has 0 aromatic heterocycles. The molecule has 21 heavy (non-hydrogen) atoms. The molecule has 0 heterocycles. The van der Waals surface area contributed by atoms with Gasteiger partial charge in [-0.1, -0.05) is 13.3 Å². The largest absolute Gasteiger partial charge is 0.396 e. The summed E-state index contributed by atoms with van der Waals surface area (Å²) in [6.45, 7) is 2.66. The van der Waals surface area contributed by atoms with Gasteiger partial charge in [0.2, 0.25) is 5.91 Å². The van der Waals surface area contributed by atoms with Gasteiger partial charge in [-0.2, -0.15) is 0 Å². The van der Waals surface area contributed by atoms with Crippen molar-refractivity contribution in [1.29, 1.82) is 0 Å². The molecule has 0 saturated carbocycles. The molecule has 0 spiro atoms. The maximum atomic E-state index is 11.6. The minimum atomic E-state index is -0.466. The Labute approximate surface area is 123 Å². The van der Waals surface area contributed by atoms with Gasteiger partial charge in [0.05, 0.1) is 4.92 Å². The summed E-state index contributed by atoms with van der Waals surface area (Å²) in [5, 5.41) is 22.2. The Morgan fingerprint density at radius 3 is 2.62 bits per heavy atom. The van der Waals surface area contributed by atoms with E-state index < -0.39 is 4.92 Å². The number of carbonyl (C=O) groups excluding carboxylic acids is 1. The van der Waals surface area contributed by atoms with Crippen LogP contribution in [0.15, 0.2) is 30.3 Å². The molecule has 0 aliphatic heterocycles. The summed E-state index contributed by atoms with van der Waals surface area (Å²) >= 11 is 0. The first-order valence-corrected chi connectivity index (χ1v) is 6.88. The molecular formula is C15H20N2O4. The average Bonchev–Trinajstić information content (AvgIpc) is 2.49. The number of hydrogen-bond donors (Lipinski definition) is 2. The van der Waals surface area contributed by atoms with Crippen LogP contribution in [0.25, 0.3) is 6.08 Å². The fourth-order valence-corrected chi connectivity index (χ4v) is 1.82. The lowest BCUT2D eigenvalue weighted by Crippen LogP contribution is -2.28. The molecule has 1 aromatic carbocycles. The van der Waals surface area contributed by atoms with Gasteiger partial charge in [0, 0.05) is 31.4 Å². The van der Waals surface area contributed by atoms with Gasteiger partial charge >= 0.3 is 0 Å².